The molecule has 0 aromatic rings. The van der Waals surface area contributed by atoms with E-state index in [0.29, 0.717) is 0 Å². The van der Waals surface area contributed by atoms with Crippen molar-refractivity contribution in [3.63, 3.8) is 0 Å². The van der Waals surface area contributed by atoms with Crippen LogP contribution in [0, 0.1) is 5.92 Å². The van der Waals surface area contributed by atoms with Gasteiger partial charge < -0.3 is 0 Å². The van der Waals surface area contributed by atoms with Crippen molar-refractivity contribution >= 4 is 7.28 Å². The van der Waals surface area contributed by atoms with Crippen molar-refractivity contribution in [2.24, 2.45) is 5.92 Å². The van der Waals surface area contributed by atoms with Gasteiger partial charge in [-0.1, -0.05) is 33.2 Å². The molecule has 0 bridgehead atoms. The molecule has 0 fully saturated rings. The van der Waals surface area contributed by atoms with E-state index in [4.69, 9.17) is 0 Å². The summed E-state index contributed by atoms with van der Waals surface area (Å²) in [6, 6.07) is 0. The largest absolute Gasteiger partial charge is 0.137 e. The van der Waals surface area contributed by atoms with E-state index in [1.807, 2.05) is 0 Å². The molecule has 0 saturated carbocycles. The van der Waals surface area contributed by atoms with Gasteiger partial charge in [0.2, 0.25) is 0 Å². The van der Waals surface area contributed by atoms with E-state index in [2.05, 4.69) is 40.8 Å². The van der Waals surface area contributed by atoms with Gasteiger partial charge in [-0.05, 0) is 18.8 Å². The Balaban J connectivity index is 3.92. The van der Waals surface area contributed by atoms with Crippen molar-refractivity contribution in [2.75, 3.05) is 0 Å². The van der Waals surface area contributed by atoms with E-state index in [0.717, 1.165) is 5.92 Å². The molecule has 10 heavy (non-hydrogen) atoms. The average Bonchev–Trinajstić information content (AvgIpc) is 1.99. The Hall–Kier alpha value is -0.195. The van der Waals surface area contributed by atoms with Gasteiger partial charge in [0, 0.05) is 0 Å². The first-order valence-corrected chi connectivity index (χ1v) is 4.24. The highest BCUT2D eigenvalue weighted by Crippen LogP contribution is 2.16. The molecule has 0 aliphatic heterocycles. The number of hydrogen-bond acceptors (Lipinski definition) is 0. The SMILES string of the molecule is C[B]C=C(CC)C(C)CC. The number of rotatable bonds is 4. The second-order valence-corrected chi connectivity index (χ2v) is 2.74. The summed E-state index contributed by atoms with van der Waals surface area (Å²) in [5, 5.41) is 0. The molecule has 0 rings (SSSR count). The Bertz CT molecular complexity index is 105. The van der Waals surface area contributed by atoms with Crippen LogP contribution in [0.5, 0.6) is 0 Å². The smallest absolute Gasteiger partial charge is 0.123 e. The molecule has 0 aliphatic rings. The van der Waals surface area contributed by atoms with Crippen LogP contribution in [0.15, 0.2) is 11.5 Å². The van der Waals surface area contributed by atoms with Crippen LogP contribution in [-0.2, 0) is 0 Å². The summed E-state index contributed by atoms with van der Waals surface area (Å²) in [6.07, 6.45) is 2.45. The van der Waals surface area contributed by atoms with Crippen molar-refractivity contribution in [2.45, 2.75) is 40.4 Å². The third-order valence-electron chi connectivity index (χ3n) is 2.03. The van der Waals surface area contributed by atoms with Crippen molar-refractivity contribution < 1.29 is 0 Å². The van der Waals surface area contributed by atoms with Crippen LogP contribution in [0.1, 0.15) is 33.6 Å². The standard InChI is InChI=1S/C9H18B/c1-5-8(3)9(6-2)7-10-4/h7-8H,5-6H2,1-4H3. The molecular weight excluding hydrogens is 119 g/mol. The lowest BCUT2D eigenvalue weighted by Gasteiger charge is -2.11. The summed E-state index contributed by atoms with van der Waals surface area (Å²) in [4.78, 5) is 0. The van der Waals surface area contributed by atoms with Crippen molar-refractivity contribution in [3.8, 4) is 0 Å². The normalized spacial score (nSPS) is 15.0. The molecule has 0 aromatic heterocycles. The highest BCUT2D eigenvalue weighted by Gasteiger charge is 2.01. The third-order valence-corrected chi connectivity index (χ3v) is 2.03. The highest BCUT2D eigenvalue weighted by molar-refractivity contribution is 6.40. The molecule has 0 spiro atoms. The van der Waals surface area contributed by atoms with E-state index in [1.165, 1.54) is 12.8 Å². The summed E-state index contributed by atoms with van der Waals surface area (Å²) < 4.78 is 0. The molecule has 0 heterocycles. The maximum Gasteiger partial charge on any atom is 0.137 e. The van der Waals surface area contributed by atoms with E-state index < -0.39 is 0 Å². The number of allylic oxidation sites excluding steroid dienone is 1. The molecule has 1 unspecified atom stereocenters. The van der Waals surface area contributed by atoms with Crippen molar-refractivity contribution in [1.29, 1.82) is 0 Å². The zero-order valence-electron chi connectivity index (χ0n) is 7.65. The lowest BCUT2D eigenvalue weighted by atomic mass is 9.77. The minimum absolute atomic E-state index is 0.765. The molecule has 0 saturated heterocycles. The number of hydrogen-bond donors (Lipinski definition) is 0. The molecule has 0 amide bonds. The summed E-state index contributed by atoms with van der Waals surface area (Å²) in [5.41, 5.74) is 1.57. The molecule has 57 valence electrons. The molecule has 1 atom stereocenters. The fourth-order valence-corrected chi connectivity index (χ4v) is 1.11. The summed E-state index contributed by atoms with van der Waals surface area (Å²) >= 11 is 0. The fourth-order valence-electron chi connectivity index (χ4n) is 1.11. The topological polar surface area (TPSA) is 0 Å². The van der Waals surface area contributed by atoms with Gasteiger partial charge in [0.05, 0.1) is 0 Å². The highest BCUT2D eigenvalue weighted by atomic mass is 14.1. The van der Waals surface area contributed by atoms with E-state index >= 15 is 0 Å². The minimum atomic E-state index is 0.765. The lowest BCUT2D eigenvalue weighted by molar-refractivity contribution is 0.635. The van der Waals surface area contributed by atoms with Crippen molar-refractivity contribution in [3.05, 3.63) is 11.5 Å². The molecule has 0 aromatic carbocycles. The lowest BCUT2D eigenvalue weighted by Crippen LogP contribution is -1.97. The monoisotopic (exact) mass is 137 g/mol. The van der Waals surface area contributed by atoms with Gasteiger partial charge in [0.25, 0.3) is 0 Å². The van der Waals surface area contributed by atoms with Crippen LogP contribution >= 0.6 is 0 Å². The quantitative estimate of drug-likeness (QED) is 0.522. The zero-order chi connectivity index (χ0) is 7.98. The second-order valence-electron chi connectivity index (χ2n) is 2.74. The maximum atomic E-state index is 2.29. The minimum Gasteiger partial charge on any atom is -0.123 e. The van der Waals surface area contributed by atoms with E-state index in [-0.39, 0.29) is 0 Å². The molecule has 0 nitrogen and oxygen atoms in total. The van der Waals surface area contributed by atoms with Crippen LogP contribution < -0.4 is 0 Å². The van der Waals surface area contributed by atoms with Gasteiger partial charge in [-0.2, -0.15) is 0 Å². The van der Waals surface area contributed by atoms with Crippen LogP contribution in [0.4, 0.5) is 0 Å². The summed E-state index contributed by atoms with van der Waals surface area (Å²) in [7, 11) is 2.13. The first kappa shape index (κ1) is 9.80. The van der Waals surface area contributed by atoms with Gasteiger partial charge in [0.1, 0.15) is 7.28 Å². The molecule has 1 heteroatoms. The van der Waals surface area contributed by atoms with E-state index in [9.17, 15) is 0 Å². The molecule has 0 N–H and O–H groups in total. The van der Waals surface area contributed by atoms with Crippen LogP contribution in [0.3, 0.4) is 0 Å². The summed E-state index contributed by atoms with van der Waals surface area (Å²) in [6.45, 7) is 8.84. The molecule has 0 aliphatic carbocycles. The first-order valence-electron chi connectivity index (χ1n) is 4.24. The predicted octanol–water partition coefficient (Wildman–Crippen LogP) is 3.08. The predicted molar refractivity (Wildman–Crippen MR) is 49.4 cm³/mol. The van der Waals surface area contributed by atoms with Crippen LogP contribution in [-0.4, -0.2) is 7.28 Å². The Morgan fingerprint density at radius 2 is 2.10 bits per heavy atom. The third kappa shape index (κ3) is 3.10. The van der Waals surface area contributed by atoms with Gasteiger partial charge in [-0.25, -0.2) is 0 Å². The average molecular weight is 137 g/mol. The first-order chi connectivity index (χ1) is 4.76. The van der Waals surface area contributed by atoms with Gasteiger partial charge in [-0.15, -0.1) is 5.98 Å². The van der Waals surface area contributed by atoms with Crippen molar-refractivity contribution in [1.82, 2.24) is 0 Å². The Labute approximate surface area is 66.0 Å². The van der Waals surface area contributed by atoms with E-state index in [1.54, 1.807) is 5.57 Å². The zero-order valence-corrected chi connectivity index (χ0v) is 7.65. The maximum absolute atomic E-state index is 2.29. The fraction of sp³-hybridized carbons (Fsp3) is 0.778. The Kier molecular flexibility index (Phi) is 5.47. The van der Waals surface area contributed by atoms with Crippen LogP contribution in [0.25, 0.3) is 0 Å². The summed E-state index contributed by atoms with van der Waals surface area (Å²) in [5.74, 6) is 3.01. The van der Waals surface area contributed by atoms with Gasteiger partial charge in [0.15, 0.2) is 0 Å². The Morgan fingerprint density at radius 3 is 2.40 bits per heavy atom. The Morgan fingerprint density at radius 1 is 1.50 bits per heavy atom. The van der Waals surface area contributed by atoms with Crippen LogP contribution in [0.2, 0.25) is 6.82 Å². The molecular formula is C9H18B. The van der Waals surface area contributed by atoms with Gasteiger partial charge >= 0.3 is 0 Å². The molecule has 1 radical (unpaired) electrons. The second kappa shape index (κ2) is 5.58. The van der Waals surface area contributed by atoms with Gasteiger partial charge in [-0.3, -0.25) is 0 Å².